The van der Waals surface area contributed by atoms with Crippen molar-refractivity contribution in [2.45, 2.75) is 5.88 Å². The van der Waals surface area contributed by atoms with E-state index in [2.05, 4.69) is 10.4 Å². The third-order valence-corrected chi connectivity index (χ3v) is 4.14. The van der Waals surface area contributed by atoms with E-state index in [1.54, 1.807) is 0 Å². The molecular formula is C12H9Cl2F2N3O3S. The molecule has 1 N–H and O–H groups in total. The Morgan fingerprint density at radius 3 is 2.57 bits per heavy atom. The molecule has 0 aliphatic rings. The second kappa shape index (κ2) is 6.42. The smallest absolute Gasteiger partial charge is 0.277 e. The van der Waals surface area contributed by atoms with Crippen molar-refractivity contribution in [3.05, 3.63) is 45.7 Å². The molecule has 0 bridgehead atoms. The lowest BCUT2D eigenvalue weighted by molar-refractivity contribution is 0.102. The minimum absolute atomic E-state index is 0.248. The van der Waals surface area contributed by atoms with Gasteiger partial charge in [0.05, 0.1) is 5.69 Å². The third kappa shape index (κ3) is 4.18. The molecule has 124 valence electrons. The molecule has 1 heterocycles. The maximum Gasteiger partial charge on any atom is 0.277 e. The van der Waals surface area contributed by atoms with Gasteiger partial charge in [-0.05, 0) is 12.1 Å². The van der Waals surface area contributed by atoms with Crippen molar-refractivity contribution in [1.82, 2.24) is 9.78 Å². The number of hydrogen-bond donors (Lipinski definition) is 1. The monoisotopic (exact) mass is 383 g/mol. The fourth-order valence-corrected chi connectivity index (χ4v) is 2.75. The topological polar surface area (TPSA) is 81.1 Å². The van der Waals surface area contributed by atoms with Crippen molar-refractivity contribution >= 4 is 44.6 Å². The number of nitrogens with one attached hydrogen (secondary N) is 1. The van der Waals surface area contributed by atoms with Crippen molar-refractivity contribution in [2.24, 2.45) is 0 Å². The van der Waals surface area contributed by atoms with E-state index in [1.165, 1.54) is 0 Å². The standard InChI is InChI=1S/C12H9Cl2F2N3O3S/c1-23(21,22)5-19-11(14)9(13)10(18-19)12(20)17-8-3-2-6(15)4-7(8)16/h2-4H,5H2,1H3,(H,17,20). The Morgan fingerprint density at radius 1 is 1.35 bits per heavy atom. The van der Waals surface area contributed by atoms with Gasteiger partial charge >= 0.3 is 0 Å². The lowest BCUT2D eigenvalue weighted by Gasteiger charge is -2.04. The molecule has 0 atom stereocenters. The summed E-state index contributed by atoms with van der Waals surface area (Å²) in [5.41, 5.74) is -0.676. The van der Waals surface area contributed by atoms with Gasteiger partial charge in [0.2, 0.25) is 0 Å². The van der Waals surface area contributed by atoms with Gasteiger partial charge in [-0.2, -0.15) is 5.10 Å². The van der Waals surface area contributed by atoms with Crippen LogP contribution in [-0.2, 0) is 15.7 Å². The van der Waals surface area contributed by atoms with Gasteiger partial charge in [-0.15, -0.1) is 0 Å². The summed E-state index contributed by atoms with van der Waals surface area (Å²) in [4.78, 5) is 12.1. The maximum absolute atomic E-state index is 13.5. The van der Waals surface area contributed by atoms with Crippen LogP contribution in [0.25, 0.3) is 0 Å². The molecule has 2 aromatic rings. The number of amides is 1. The predicted octanol–water partition coefficient (Wildman–Crippen LogP) is 2.72. The third-order valence-electron chi connectivity index (χ3n) is 2.59. The number of rotatable bonds is 4. The molecule has 11 heteroatoms. The van der Waals surface area contributed by atoms with E-state index in [4.69, 9.17) is 23.2 Å². The number of sulfone groups is 1. The fourth-order valence-electron chi connectivity index (χ4n) is 1.64. The number of carbonyl (C=O) groups excluding carboxylic acids is 1. The largest absolute Gasteiger partial charge is 0.318 e. The van der Waals surface area contributed by atoms with Gasteiger partial charge in [0.15, 0.2) is 15.5 Å². The van der Waals surface area contributed by atoms with Gasteiger partial charge < -0.3 is 5.32 Å². The second-order valence-electron chi connectivity index (χ2n) is 4.59. The highest BCUT2D eigenvalue weighted by Gasteiger charge is 2.23. The Kier molecular flexibility index (Phi) is 4.92. The van der Waals surface area contributed by atoms with Gasteiger partial charge in [-0.1, -0.05) is 23.2 Å². The van der Waals surface area contributed by atoms with Crippen LogP contribution in [0.5, 0.6) is 0 Å². The Labute approximate surface area is 139 Å². The first-order valence-corrected chi connectivity index (χ1v) is 8.76. The molecule has 1 aromatic heterocycles. The molecule has 1 aromatic carbocycles. The number of hydrogen-bond acceptors (Lipinski definition) is 4. The lowest BCUT2D eigenvalue weighted by Crippen LogP contribution is -2.16. The number of halogens is 4. The Morgan fingerprint density at radius 2 is 2.00 bits per heavy atom. The van der Waals surface area contributed by atoms with Gasteiger partial charge in [-0.3, -0.25) is 4.79 Å². The highest BCUT2D eigenvalue weighted by molar-refractivity contribution is 7.89. The van der Waals surface area contributed by atoms with Crippen LogP contribution in [0.15, 0.2) is 18.2 Å². The van der Waals surface area contributed by atoms with E-state index in [1.807, 2.05) is 0 Å². The molecule has 1 amide bonds. The fraction of sp³-hybridized carbons (Fsp3) is 0.167. The second-order valence-corrected chi connectivity index (χ2v) is 7.43. The van der Waals surface area contributed by atoms with Crippen molar-refractivity contribution in [1.29, 1.82) is 0 Å². The van der Waals surface area contributed by atoms with Crippen LogP contribution < -0.4 is 5.32 Å². The van der Waals surface area contributed by atoms with Crippen LogP contribution in [0, 0.1) is 11.6 Å². The summed E-state index contributed by atoms with van der Waals surface area (Å²) >= 11 is 11.7. The molecule has 6 nitrogen and oxygen atoms in total. The molecule has 0 saturated carbocycles. The highest BCUT2D eigenvalue weighted by atomic mass is 35.5. The van der Waals surface area contributed by atoms with Crippen LogP contribution >= 0.6 is 23.2 Å². The first-order chi connectivity index (χ1) is 10.6. The van der Waals surface area contributed by atoms with Crippen molar-refractivity contribution in [3.8, 4) is 0 Å². The van der Waals surface area contributed by atoms with E-state index < -0.39 is 33.3 Å². The Hall–Kier alpha value is -1.71. The number of nitrogens with zero attached hydrogens (tertiary/aromatic N) is 2. The molecule has 0 aliphatic heterocycles. The molecular weight excluding hydrogens is 375 g/mol. The Balaban J connectivity index is 2.31. The summed E-state index contributed by atoms with van der Waals surface area (Å²) in [5, 5.41) is 5.32. The van der Waals surface area contributed by atoms with Gasteiger partial charge in [0.25, 0.3) is 5.91 Å². The minimum atomic E-state index is -3.48. The van der Waals surface area contributed by atoms with E-state index in [0.29, 0.717) is 6.07 Å². The van der Waals surface area contributed by atoms with E-state index in [-0.39, 0.29) is 21.6 Å². The average Bonchev–Trinajstić information content (AvgIpc) is 2.68. The van der Waals surface area contributed by atoms with Crippen LogP contribution in [-0.4, -0.2) is 30.4 Å². The van der Waals surface area contributed by atoms with Gasteiger partial charge in [-0.25, -0.2) is 21.9 Å². The lowest BCUT2D eigenvalue weighted by atomic mass is 10.3. The first-order valence-electron chi connectivity index (χ1n) is 5.94. The summed E-state index contributed by atoms with van der Waals surface area (Å²) in [6.45, 7) is 0. The number of aromatic nitrogens is 2. The van der Waals surface area contributed by atoms with Gasteiger partial charge in [0, 0.05) is 12.3 Å². The van der Waals surface area contributed by atoms with Gasteiger partial charge in [0.1, 0.15) is 27.7 Å². The maximum atomic E-state index is 13.5. The highest BCUT2D eigenvalue weighted by Crippen LogP contribution is 2.27. The van der Waals surface area contributed by atoms with Crippen molar-refractivity contribution < 1.29 is 22.0 Å². The molecule has 0 fully saturated rings. The van der Waals surface area contributed by atoms with Crippen LogP contribution in [0.2, 0.25) is 10.2 Å². The molecule has 0 aliphatic carbocycles. The SMILES string of the molecule is CS(=O)(=O)Cn1nc(C(=O)Nc2ccc(F)cc2F)c(Cl)c1Cl. The molecule has 2 rings (SSSR count). The summed E-state index contributed by atoms with van der Waals surface area (Å²) in [7, 11) is -3.48. The molecule has 0 saturated heterocycles. The summed E-state index contributed by atoms with van der Waals surface area (Å²) in [6, 6.07) is 2.56. The predicted molar refractivity (Wildman–Crippen MR) is 81.4 cm³/mol. The average molecular weight is 384 g/mol. The first kappa shape index (κ1) is 17.6. The van der Waals surface area contributed by atoms with E-state index >= 15 is 0 Å². The number of benzene rings is 1. The quantitative estimate of drug-likeness (QED) is 0.879. The summed E-state index contributed by atoms with van der Waals surface area (Å²) in [5.74, 6) is -3.30. The van der Waals surface area contributed by atoms with Crippen molar-refractivity contribution in [3.63, 3.8) is 0 Å². The van der Waals surface area contributed by atoms with Crippen LogP contribution in [0.3, 0.4) is 0 Å². The Bertz CT molecular complexity index is 884. The van der Waals surface area contributed by atoms with Crippen LogP contribution in [0.1, 0.15) is 10.5 Å². The number of carbonyl (C=O) groups is 1. The zero-order valence-electron chi connectivity index (χ0n) is 11.5. The van der Waals surface area contributed by atoms with E-state index in [9.17, 15) is 22.0 Å². The molecule has 23 heavy (non-hydrogen) atoms. The number of anilines is 1. The van der Waals surface area contributed by atoms with E-state index in [0.717, 1.165) is 23.1 Å². The zero-order chi connectivity index (χ0) is 17.4. The summed E-state index contributed by atoms with van der Waals surface area (Å²) < 4.78 is 49.7. The molecule has 0 radical (unpaired) electrons. The van der Waals surface area contributed by atoms with Crippen molar-refractivity contribution in [2.75, 3.05) is 11.6 Å². The van der Waals surface area contributed by atoms with Crippen LogP contribution in [0.4, 0.5) is 14.5 Å². The zero-order valence-corrected chi connectivity index (χ0v) is 13.8. The summed E-state index contributed by atoms with van der Waals surface area (Å²) in [6.07, 6.45) is 0.951. The molecule has 0 unspecified atom stereocenters. The minimum Gasteiger partial charge on any atom is -0.318 e. The normalized spacial score (nSPS) is 11.5. The molecule has 0 spiro atoms.